The summed E-state index contributed by atoms with van der Waals surface area (Å²) in [6.07, 6.45) is 1.34. The molecule has 2 fully saturated rings. The van der Waals surface area contributed by atoms with E-state index in [1.54, 1.807) is 6.92 Å². The first kappa shape index (κ1) is 25.6. The Hall–Kier alpha value is -3.49. The predicted molar refractivity (Wildman–Crippen MR) is 137 cm³/mol. The predicted octanol–water partition coefficient (Wildman–Crippen LogP) is 4.74. The normalized spacial score (nSPS) is 21.1. The highest BCUT2D eigenvalue weighted by atomic mass is 32.2. The lowest BCUT2D eigenvalue weighted by molar-refractivity contribution is -0.149. The van der Waals surface area contributed by atoms with Crippen LogP contribution in [0.3, 0.4) is 0 Å². The average molecular weight is 503 g/mol. The third kappa shape index (κ3) is 5.20. The second kappa shape index (κ2) is 11.5. The summed E-state index contributed by atoms with van der Waals surface area (Å²) >= 11 is 1.83. The zero-order valence-corrected chi connectivity index (χ0v) is 21.2. The maximum Gasteiger partial charge on any atom is 0.341 e. The molecule has 0 bridgehead atoms. The number of carbonyl (C=O) groups is 2. The van der Waals surface area contributed by atoms with Gasteiger partial charge in [-0.15, -0.1) is 0 Å². The van der Waals surface area contributed by atoms with E-state index in [0.717, 1.165) is 16.9 Å². The monoisotopic (exact) mass is 502 g/mol. The lowest BCUT2D eigenvalue weighted by atomic mass is 9.85. The number of esters is 1. The first-order valence-electron chi connectivity index (χ1n) is 12.3. The molecule has 8 heteroatoms. The van der Waals surface area contributed by atoms with Gasteiger partial charge in [-0.1, -0.05) is 60.7 Å². The smallest absolute Gasteiger partial charge is 0.341 e. The molecule has 2 aromatic carbocycles. The topological polar surface area (TPSA) is 97.4 Å². The largest absolute Gasteiger partial charge is 0.464 e. The number of ether oxygens (including phenoxy) is 1. The van der Waals surface area contributed by atoms with E-state index in [0.29, 0.717) is 25.9 Å². The number of urea groups is 1. The van der Waals surface area contributed by atoms with E-state index in [2.05, 4.69) is 0 Å². The summed E-state index contributed by atoms with van der Waals surface area (Å²) in [7, 11) is 0. The molecule has 2 aliphatic heterocycles. The number of thioether (sulfide) groups is 1. The van der Waals surface area contributed by atoms with Gasteiger partial charge in [-0.05, 0) is 37.3 Å². The summed E-state index contributed by atoms with van der Waals surface area (Å²) < 4.78 is 5.00. The number of nitriles is 2. The van der Waals surface area contributed by atoms with Gasteiger partial charge in [-0.25, -0.2) is 9.59 Å². The number of nitrogens with zero attached hydrogens (tertiary/aromatic N) is 4. The first-order valence-corrected chi connectivity index (χ1v) is 13.3. The summed E-state index contributed by atoms with van der Waals surface area (Å²) in [5, 5.41) is 19.3. The van der Waals surface area contributed by atoms with E-state index in [1.807, 2.05) is 94.4 Å². The van der Waals surface area contributed by atoms with Gasteiger partial charge in [0.05, 0.1) is 30.8 Å². The van der Waals surface area contributed by atoms with Crippen molar-refractivity contribution in [2.24, 2.45) is 5.41 Å². The molecule has 2 saturated heterocycles. The molecule has 2 aromatic rings. The van der Waals surface area contributed by atoms with Crippen LogP contribution in [0.15, 0.2) is 60.7 Å². The van der Waals surface area contributed by atoms with Crippen LogP contribution in [-0.2, 0) is 22.6 Å². The lowest BCUT2D eigenvalue weighted by Crippen LogP contribution is -2.40. The molecule has 186 valence electrons. The summed E-state index contributed by atoms with van der Waals surface area (Å²) in [6.45, 7) is 2.88. The SMILES string of the molecule is CCOC(=O)C(C#N)(C#N)CCC[C@@H]1SC[C@H]2[C@@H]1N(Cc1ccccc1)C(=O)N2Cc1ccccc1. The Kier molecular flexibility index (Phi) is 8.18. The summed E-state index contributed by atoms with van der Waals surface area (Å²) in [5.74, 6) is 0.0568. The van der Waals surface area contributed by atoms with E-state index >= 15 is 0 Å². The fourth-order valence-corrected chi connectivity index (χ4v) is 6.79. The van der Waals surface area contributed by atoms with Crippen molar-refractivity contribution >= 4 is 23.8 Å². The standard InChI is InChI=1S/C28H30N4O3S/c1-2-35-26(33)28(19-29,20-30)15-9-14-24-25-23(18-36-24)31(16-21-10-5-3-6-11-21)27(34)32(25)17-22-12-7-4-8-13-22/h3-8,10-13,23-25H,2,9,14-18H2,1H3/t23-,24-,25-/m0/s1. The van der Waals surface area contributed by atoms with Crippen molar-refractivity contribution in [1.29, 1.82) is 10.5 Å². The minimum absolute atomic E-state index is 0.0209. The van der Waals surface area contributed by atoms with Crippen molar-refractivity contribution in [3.63, 3.8) is 0 Å². The van der Waals surface area contributed by atoms with Gasteiger partial charge in [0.15, 0.2) is 0 Å². The highest BCUT2D eigenvalue weighted by Gasteiger charge is 2.53. The Bertz CT molecular complexity index is 1130. The van der Waals surface area contributed by atoms with Crippen LogP contribution in [-0.4, -0.2) is 51.5 Å². The second-order valence-electron chi connectivity index (χ2n) is 9.18. The highest BCUT2D eigenvalue weighted by molar-refractivity contribution is 8.00. The Morgan fingerprint density at radius 3 is 2.17 bits per heavy atom. The first-order chi connectivity index (χ1) is 17.5. The molecule has 0 aliphatic carbocycles. The van der Waals surface area contributed by atoms with Crippen molar-refractivity contribution < 1.29 is 14.3 Å². The maximum absolute atomic E-state index is 13.7. The Labute approximate surface area is 216 Å². The molecule has 2 amide bonds. The molecule has 3 atom stereocenters. The van der Waals surface area contributed by atoms with Crippen LogP contribution in [0.1, 0.15) is 37.3 Å². The lowest BCUT2D eigenvalue weighted by Gasteiger charge is -2.28. The van der Waals surface area contributed by atoms with Gasteiger partial charge in [0.25, 0.3) is 0 Å². The van der Waals surface area contributed by atoms with Crippen molar-refractivity contribution in [1.82, 2.24) is 9.80 Å². The molecule has 2 aliphatic rings. The van der Waals surface area contributed by atoms with Crippen LogP contribution in [0.25, 0.3) is 0 Å². The maximum atomic E-state index is 13.7. The molecular weight excluding hydrogens is 472 g/mol. The van der Waals surface area contributed by atoms with Crippen LogP contribution in [0.5, 0.6) is 0 Å². The number of fused-ring (bicyclic) bond motifs is 1. The Balaban J connectivity index is 1.51. The van der Waals surface area contributed by atoms with Crippen molar-refractivity contribution in [2.75, 3.05) is 12.4 Å². The molecule has 0 N–H and O–H groups in total. The van der Waals surface area contributed by atoms with Crippen LogP contribution < -0.4 is 0 Å². The van der Waals surface area contributed by atoms with Gasteiger partial charge >= 0.3 is 12.0 Å². The van der Waals surface area contributed by atoms with Gasteiger partial charge < -0.3 is 14.5 Å². The zero-order chi connectivity index (χ0) is 25.5. The highest BCUT2D eigenvalue weighted by Crippen LogP contribution is 2.43. The zero-order valence-electron chi connectivity index (χ0n) is 20.4. The molecule has 7 nitrogen and oxygen atoms in total. The minimum atomic E-state index is -1.78. The molecule has 0 unspecified atom stereocenters. The molecular formula is C28H30N4O3S. The van der Waals surface area contributed by atoms with Gasteiger partial charge in [-0.2, -0.15) is 22.3 Å². The van der Waals surface area contributed by atoms with Crippen molar-refractivity contribution in [3.05, 3.63) is 71.8 Å². The van der Waals surface area contributed by atoms with Gasteiger partial charge in [0.2, 0.25) is 5.41 Å². The molecule has 0 aromatic heterocycles. The van der Waals surface area contributed by atoms with Crippen LogP contribution in [0.2, 0.25) is 0 Å². The minimum Gasteiger partial charge on any atom is -0.464 e. The molecule has 36 heavy (non-hydrogen) atoms. The number of carbonyl (C=O) groups excluding carboxylic acids is 2. The van der Waals surface area contributed by atoms with E-state index in [4.69, 9.17) is 4.74 Å². The second-order valence-corrected chi connectivity index (χ2v) is 10.5. The summed E-state index contributed by atoms with van der Waals surface area (Å²) in [5.41, 5.74) is 0.395. The van der Waals surface area contributed by atoms with Gasteiger partial charge in [0.1, 0.15) is 0 Å². The number of amides is 2. The van der Waals surface area contributed by atoms with E-state index in [1.165, 1.54) is 0 Å². The van der Waals surface area contributed by atoms with Crippen molar-refractivity contribution in [3.8, 4) is 12.1 Å². The Morgan fingerprint density at radius 1 is 1.03 bits per heavy atom. The molecule has 2 heterocycles. The van der Waals surface area contributed by atoms with Crippen LogP contribution >= 0.6 is 11.8 Å². The van der Waals surface area contributed by atoms with E-state index in [-0.39, 0.29) is 36.4 Å². The molecule has 0 radical (unpaired) electrons. The third-order valence-corrected chi connectivity index (χ3v) is 8.42. The number of hydrogen-bond acceptors (Lipinski definition) is 6. The third-order valence-electron chi connectivity index (χ3n) is 6.95. The Morgan fingerprint density at radius 2 is 1.61 bits per heavy atom. The number of benzene rings is 2. The van der Waals surface area contributed by atoms with Gasteiger partial charge in [0, 0.05) is 24.1 Å². The molecule has 4 rings (SSSR count). The molecule has 0 saturated carbocycles. The van der Waals surface area contributed by atoms with Gasteiger partial charge in [-0.3, -0.25) is 0 Å². The fourth-order valence-electron chi connectivity index (χ4n) is 5.11. The number of rotatable bonds is 10. The number of hydrogen-bond donors (Lipinski definition) is 0. The van der Waals surface area contributed by atoms with E-state index in [9.17, 15) is 20.1 Å². The van der Waals surface area contributed by atoms with E-state index < -0.39 is 11.4 Å². The summed E-state index contributed by atoms with van der Waals surface area (Å²) in [4.78, 5) is 30.0. The van der Waals surface area contributed by atoms with Crippen LogP contribution in [0, 0.1) is 28.1 Å². The molecule has 0 spiro atoms. The van der Waals surface area contributed by atoms with Crippen LogP contribution in [0.4, 0.5) is 4.79 Å². The average Bonchev–Trinajstić information content (AvgIpc) is 3.42. The fraction of sp³-hybridized carbons (Fsp3) is 0.429. The van der Waals surface area contributed by atoms with Crippen molar-refractivity contribution in [2.45, 2.75) is 56.6 Å². The quantitative estimate of drug-likeness (QED) is 0.344. The summed E-state index contributed by atoms with van der Waals surface area (Å²) in [6, 6.07) is 23.9.